The second-order valence-corrected chi connectivity index (χ2v) is 7.02. The maximum absolute atomic E-state index is 10.3. The third-order valence-electron chi connectivity index (χ3n) is 4.90. The highest BCUT2D eigenvalue weighted by atomic mass is 16.6. The Hall–Kier alpha value is -3.52. The number of fused-ring (bicyclic) bond motifs is 1. The maximum atomic E-state index is 10.3. The summed E-state index contributed by atoms with van der Waals surface area (Å²) in [4.78, 5) is 12.6. The Morgan fingerprint density at radius 3 is 2.84 bits per heavy atom. The summed E-state index contributed by atoms with van der Waals surface area (Å²) < 4.78 is 12.3. The molecule has 1 aromatic carbocycles. The van der Waals surface area contributed by atoms with Crippen LogP contribution in [0.5, 0.6) is 11.5 Å². The van der Waals surface area contributed by atoms with Crippen LogP contribution in [0.3, 0.4) is 0 Å². The lowest BCUT2D eigenvalue weighted by molar-refractivity contribution is -0.0511. The van der Waals surface area contributed by atoms with Crippen LogP contribution < -0.4 is 15.9 Å². The number of aliphatic hydroxyl groups excluding tert-OH is 3. The van der Waals surface area contributed by atoms with Gasteiger partial charge < -0.3 is 35.6 Å². The van der Waals surface area contributed by atoms with Crippen molar-refractivity contribution in [2.45, 2.75) is 31.5 Å². The first-order valence-corrected chi connectivity index (χ1v) is 9.80. The van der Waals surface area contributed by atoms with E-state index in [0.29, 0.717) is 17.9 Å². The summed E-state index contributed by atoms with van der Waals surface area (Å²) >= 11 is 0. The standard InChI is InChI=1S/C19H23N7O6/c1-2-31-11-5-9(3-4-10(11)28)6-22-25-19-23-16(20)13-17(24-19)26(8-21-13)18-15(30)14(29)12(7-27)32-18/h3-6,8,12,14-15,18,27-30H,2,7H2,1H3,(H3,20,23,24,25)/b22-6+/t12-,14+,15?,18-/m1/s1. The molecule has 1 fully saturated rings. The molecular formula is C19H23N7O6. The second-order valence-electron chi connectivity index (χ2n) is 7.02. The van der Waals surface area contributed by atoms with Gasteiger partial charge in [0.05, 0.1) is 25.8 Å². The summed E-state index contributed by atoms with van der Waals surface area (Å²) in [6.45, 7) is 1.76. The van der Waals surface area contributed by atoms with Crippen molar-refractivity contribution in [1.82, 2.24) is 19.5 Å². The summed E-state index contributed by atoms with van der Waals surface area (Å²) in [6.07, 6.45) is -1.70. The number of nitrogens with two attached hydrogens (primary N) is 1. The molecule has 13 nitrogen and oxygen atoms in total. The molecule has 3 heterocycles. The fourth-order valence-electron chi connectivity index (χ4n) is 3.33. The van der Waals surface area contributed by atoms with Crippen LogP contribution in [0, 0.1) is 0 Å². The number of benzene rings is 1. The zero-order chi connectivity index (χ0) is 22.8. The molecule has 170 valence electrons. The van der Waals surface area contributed by atoms with Crippen LogP contribution in [0.4, 0.5) is 11.8 Å². The first-order valence-electron chi connectivity index (χ1n) is 9.80. The lowest BCUT2D eigenvalue weighted by atomic mass is 10.1. The van der Waals surface area contributed by atoms with Crippen LogP contribution in [0.15, 0.2) is 29.6 Å². The van der Waals surface area contributed by atoms with Gasteiger partial charge in [-0.3, -0.25) is 4.57 Å². The van der Waals surface area contributed by atoms with Gasteiger partial charge in [0.1, 0.15) is 23.8 Å². The summed E-state index contributed by atoms with van der Waals surface area (Å²) in [5.41, 5.74) is 9.83. The highest BCUT2D eigenvalue weighted by molar-refractivity contribution is 5.84. The van der Waals surface area contributed by atoms with Crippen molar-refractivity contribution in [2.24, 2.45) is 5.10 Å². The van der Waals surface area contributed by atoms with Gasteiger partial charge in [0.2, 0.25) is 5.95 Å². The van der Waals surface area contributed by atoms with Crippen LogP contribution in [0.25, 0.3) is 11.2 Å². The lowest BCUT2D eigenvalue weighted by Gasteiger charge is -2.16. The smallest absolute Gasteiger partial charge is 0.247 e. The number of anilines is 2. The molecule has 0 radical (unpaired) electrons. The number of hydrogen-bond donors (Lipinski definition) is 6. The molecule has 0 amide bonds. The molecule has 13 heteroatoms. The first kappa shape index (κ1) is 21.7. The Bertz CT molecular complexity index is 1140. The summed E-state index contributed by atoms with van der Waals surface area (Å²) in [6, 6.07) is 4.77. The molecule has 7 N–H and O–H groups in total. The molecule has 4 atom stereocenters. The van der Waals surface area contributed by atoms with Crippen LogP contribution >= 0.6 is 0 Å². The molecule has 0 saturated carbocycles. The third-order valence-corrected chi connectivity index (χ3v) is 4.90. The summed E-state index contributed by atoms with van der Waals surface area (Å²) in [5, 5.41) is 43.5. The molecule has 1 saturated heterocycles. The summed E-state index contributed by atoms with van der Waals surface area (Å²) in [7, 11) is 0. The van der Waals surface area contributed by atoms with Crippen molar-refractivity contribution in [1.29, 1.82) is 0 Å². The number of aromatic hydroxyl groups is 1. The van der Waals surface area contributed by atoms with E-state index in [0.717, 1.165) is 0 Å². The molecule has 32 heavy (non-hydrogen) atoms. The maximum Gasteiger partial charge on any atom is 0.247 e. The number of aliphatic hydroxyl groups is 3. The van der Waals surface area contributed by atoms with Crippen molar-refractivity contribution in [3.63, 3.8) is 0 Å². The largest absolute Gasteiger partial charge is 0.504 e. The van der Waals surface area contributed by atoms with Crippen LogP contribution in [-0.2, 0) is 4.74 Å². The third kappa shape index (κ3) is 4.01. The Morgan fingerprint density at radius 1 is 1.31 bits per heavy atom. The van der Waals surface area contributed by atoms with Crippen LogP contribution in [0.1, 0.15) is 18.7 Å². The molecule has 1 aliphatic rings. The molecule has 0 bridgehead atoms. The number of hydrogen-bond acceptors (Lipinski definition) is 12. The minimum absolute atomic E-state index is 0.0247. The number of nitrogens with zero attached hydrogens (tertiary/aromatic N) is 5. The van der Waals surface area contributed by atoms with Crippen LogP contribution in [0.2, 0.25) is 0 Å². The summed E-state index contributed by atoms with van der Waals surface area (Å²) in [5.74, 6) is 0.488. The molecule has 1 unspecified atom stereocenters. The predicted molar refractivity (Wildman–Crippen MR) is 113 cm³/mol. The first-order chi connectivity index (χ1) is 15.4. The van der Waals surface area contributed by atoms with Gasteiger partial charge in [0, 0.05) is 0 Å². The Labute approximate surface area is 181 Å². The van der Waals surface area contributed by atoms with Gasteiger partial charge in [-0.25, -0.2) is 10.4 Å². The molecule has 0 spiro atoms. The Morgan fingerprint density at radius 2 is 2.12 bits per heavy atom. The van der Waals surface area contributed by atoms with Gasteiger partial charge >= 0.3 is 0 Å². The van der Waals surface area contributed by atoms with Gasteiger partial charge in [-0.15, -0.1) is 0 Å². The van der Waals surface area contributed by atoms with E-state index in [4.69, 9.17) is 15.2 Å². The normalized spacial score (nSPS) is 23.2. The minimum Gasteiger partial charge on any atom is -0.504 e. The van der Waals surface area contributed by atoms with Gasteiger partial charge in [0.25, 0.3) is 0 Å². The van der Waals surface area contributed by atoms with Crippen molar-refractivity contribution < 1.29 is 29.9 Å². The van der Waals surface area contributed by atoms with Gasteiger partial charge in [-0.05, 0) is 30.7 Å². The second kappa shape index (κ2) is 8.92. The monoisotopic (exact) mass is 445 g/mol. The Balaban J connectivity index is 1.58. The predicted octanol–water partition coefficient (Wildman–Crippen LogP) is -0.430. The fourth-order valence-corrected chi connectivity index (χ4v) is 3.33. The number of nitrogen functional groups attached to an aromatic ring is 1. The van der Waals surface area contributed by atoms with Crippen LogP contribution in [-0.4, -0.2) is 77.7 Å². The number of ether oxygens (including phenoxy) is 2. The van der Waals surface area contributed by atoms with E-state index in [2.05, 4.69) is 25.5 Å². The van der Waals surface area contributed by atoms with E-state index in [-0.39, 0.29) is 28.7 Å². The molecule has 0 aliphatic carbocycles. The number of aromatic nitrogens is 4. The molecule has 1 aliphatic heterocycles. The van der Waals surface area contributed by atoms with E-state index in [9.17, 15) is 20.4 Å². The molecule has 4 rings (SSSR count). The van der Waals surface area contributed by atoms with Gasteiger partial charge in [0.15, 0.2) is 29.2 Å². The van der Waals surface area contributed by atoms with E-state index in [1.54, 1.807) is 12.1 Å². The SMILES string of the molecule is CCOc1cc(/C=N/Nc2nc(N)c3ncn([C@@H]4O[C@H](CO)[C@H](O)C4O)c3n2)ccc1O. The Kier molecular flexibility index (Phi) is 6.05. The quantitative estimate of drug-likeness (QED) is 0.204. The highest BCUT2D eigenvalue weighted by Gasteiger charge is 2.44. The average molecular weight is 445 g/mol. The number of hydrazone groups is 1. The fraction of sp³-hybridized carbons (Fsp3) is 0.368. The number of phenolic OH excluding ortho intramolecular Hbond substituents is 1. The van der Waals surface area contributed by atoms with E-state index >= 15 is 0 Å². The van der Waals surface area contributed by atoms with Gasteiger partial charge in [-0.2, -0.15) is 15.1 Å². The lowest BCUT2D eigenvalue weighted by Crippen LogP contribution is -2.33. The number of nitrogens with one attached hydrogen (secondary N) is 1. The van der Waals surface area contributed by atoms with Crippen molar-refractivity contribution in [3.05, 3.63) is 30.1 Å². The van der Waals surface area contributed by atoms with E-state index in [1.165, 1.54) is 23.2 Å². The zero-order valence-corrected chi connectivity index (χ0v) is 17.0. The van der Waals surface area contributed by atoms with E-state index in [1.807, 2.05) is 6.92 Å². The van der Waals surface area contributed by atoms with Crippen molar-refractivity contribution in [2.75, 3.05) is 24.4 Å². The highest BCUT2D eigenvalue weighted by Crippen LogP contribution is 2.32. The average Bonchev–Trinajstić information content (AvgIpc) is 3.32. The molecular weight excluding hydrogens is 422 g/mol. The number of phenols is 1. The zero-order valence-electron chi connectivity index (χ0n) is 17.0. The number of rotatable bonds is 7. The minimum atomic E-state index is -1.30. The topological polar surface area (TPSA) is 193 Å². The van der Waals surface area contributed by atoms with Crippen molar-refractivity contribution >= 4 is 29.1 Å². The van der Waals surface area contributed by atoms with Crippen molar-refractivity contribution in [3.8, 4) is 11.5 Å². The number of imidazole rings is 1. The molecule has 2 aromatic heterocycles. The van der Waals surface area contributed by atoms with E-state index < -0.39 is 31.1 Å². The van der Waals surface area contributed by atoms with Gasteiger partial charge in [-0.1, -0.05) is 0 Å². The molecule has 3 aromatic rings.